The van der Waals surface area contributed by atoms with Gasteiger partial charge < -0.3 is 13.7 Å². The number of hydrogen-bond donors (Lipinski definition) is 0. The molecule has 0 fully saturated rings. The molecule has 0 unspecified atom stereocenters. The van der Waals surface area contributed by atoms with Crippen LogP contribution >= 0.6 is 0 Å². The molecule has 1 aliphatic rings. The lowest BCUT2D eigenvalue weighted by atomic mass is 9.97. The van der Waals surface area contributed by atoms with Crippen molar-refractivity contribution in [3.63, 3.8) is 0 Å². The number of rotatable bonds is 1. The summed E-state index contributed by atoms with van der Waals surface area (Å²) in [7, 11) is 0. The zero-order valence-corrected chi connectivity index (χ0v) is 18.5. The number of fused-ring (bicyclic) bond motifs is 8. The van der Waals surface area contributed by atoms with Gasteiger partial charge in [0.25, 0.3) is 0 Å². The molecule has 1 aliphatic heterocycles. The van der Waals surface area contributed by atoms with Crippen LogP contribution in [0.1, 0.15) is 5.56 Å². The predicted octanol–water partition coefficient (Wildman–Crippen LogP) is 8.76. The van der Waals surface area contributed by atoms with Crippen molar-refractivity contribution in [2.24, 2.45) is 0 Å². The molecular weight excluding hydrogens is 418 g/mol. The molecule has 0 amide bonds. The van der Waals surface area contributed by atoms with Crippen molar-refractivity contribution in [3.8, 4) is 28.3 Å². The van der Waals surface area contributed by atoms with Gasteiger partial charge >= 0.3 is 0 Å². The van der Waals surface area contributed by atoms with Crippen LogP contribution in [-0.4, -0.2) is 4.57 Å². The lowest BCUT2D eigenvalue weighted by molar-refractivity contribution is 0.476. The standard InChI is InChI=1S/C31H19NO2/c1-18-13-14-26-23(15-18)30-20(8-6-12-28(30)33-26)19-16-22-21-7-2-3-9-24(21)32-25-10-4-5-11-27(25)34-29(17-19)31(22)32/h2-17H,1H3. The van der Waals surface area contributed by atoms with Crippen LogP contribution in [0.5, 0.6) is 11.5 Å². The fourth-order valence-corrected chi connectivity index (χ4v) is 5.57. The van der Waals surface area contributed by atoms with Gasteiger partial charge in [0.1, 0.15) is 11.2 Å². The number of hydrogen-bond acceptors (Lipinski definition) is 2. The first-order valence-corrected chi connectivity index (χ1v) is 11.5. The molecule has 3 nitrogen and oxygen atoms in total. The van der Waals surface area contributed by atoms with Gasteiger partial charge in [0, 0.05) is 21.5 Å². The minimum absolute atomic E-state index is 0.873. The third kappa shape index (κ3) is 2.26. The van der Waals surface area contributed by atoms with E-state index in [9.17, 15) is 0 Å². The predicted molar refractivity (Wildman–Crippen MR) is 138 cm³/mol. The minimum atomic E-state index is 0.873. The Labute approximate surface area is 195 Å². The molecule has 34 heavy (non-hydrogen) atoms. The summed E-state index contributed by atoms with van der Waals surface area (Å²) in [6, 6.07) is 34.0. The molecule has 0 bridgehead atoms. The summed E-state index contributed by atoms with van der Waals surface area (Å²) in [5.74, 6) is 1.75. The quantitative estimate of drug-likeness (QED) is 0.257. The molecule has 160 valence electrons. The Kier molecular flexibility index (Phi) is 3.33. The molecule has 3 heterocycles. The summed E-state index contributed by atoms with van der Waals surface area (Å²) in [6.45, 7) is 2.12. The number of aryl methyl sites for hydroxylation is 1. The minimum Gasteiger partial charge on any atom is -0.456 e. The molecule has 8 rings (SSSR count). The van der Waals surface area contributed by atoms with Gasteiger partial charge in [0.15, 0.2) is 11.5 Å². The Balaban J connectivity index is 1.52. The summed E-state index contributed by atoms with van der Waals surface area (Å²) < 4.78 is 15.0. The van der Waals surface area contributed by atoms with Crippen molar-refractivity contribution in [1.29, 1.82) is 0 Å². The van der Waals surface area contributed by atoms with Gasteiger partial charge in [-0.25, -0.2) is 0 Å². The van der Waals surface area contributed by atoms with E-state index >= 15 is 0 Å². The fraction of sp³-hybridized carbons (Fsp3) is 0.0323. The Morgan fingerprint density at radius 1 is 0.647 bits per heavy atom. The first-order chi connectivity index (χ1) is 16.8. The van der Waals surface area contributed by atoms with Crippen molar-refractivity contribution in [2.45, 2.75) is 6.92 Å². The molecule has 0 radical (unpaired) electrons. The highest BCUT2D eigenvalue weighted by Crippen LogP contribution is 2.48. The lowest BCUT2D eigenvalue weighted by Gasteiger charge is -2.21. The molecule has 0 saturated carbocycles. The van der Waals surface area contributed by atoms with Crippen molar-refractivity contribution >= 4 is 43.7 Å². The highest BCUT2D eigenvalue weighted by molar-refractivity contribution is 6.16. The van der Waals surface area contributed by atoms with Crippen LogP contribution in [0, 0.1) is 6.92 Å². The van der Waals surface area contributed by atoms with Crippen LogP contribution in [0.25, 0.3) is 60.6 Å². The van der Waals surface area contributed by atoms with Gasteiger partial charge in [-0.3, -0.25) is 0 Å². The van der Waals surface area contributed by atoms with E-state index in [0.29, 0.717) is 0 Å². The van der Waals surface area contributed by atoms with E-state index in [-0.39, 0.29) is 0 Å². The third-order valence-corrected chi connectivity index (χ3v) is 7.02. The van der Waals surface area contributed by atoms with Crippen molar-refractivity contribution in [3.05, 3.63) is 103 Å². The number of benzene rings is 5. The second-order valence-corrected chi connectivity index (χ2v) is 9.07. The molecule has 2 aromatic heterocycles. The number of ether oxygens (including phenoxy) is 1. The Hall–Kier alpha value is -4.50. The van der Waals surface area contributed by atoms with Gasteiger partial charge in [-0.05, 0) is 66.6 Å². The van der Waals surface area contributed by atoms with Gasteiger partial charge in [-0.2, -0.15) is 0 Å². The maximum atomic E-state index is 6.50. The summed E-state index contributed by atoms with van der Waals surface area (Å²) in [5.41, 5.74) is 8.69. The molecule has 5 aromatic carbocycles. The van der Waals surface area contributed by atoms with E-state index in [2.05, 4.69) is 96.4 Å². The summed E-state index contributed by atoms with van der Waals surface area (Å²) >= 11 is 0. The number of nitrogens with zero attached hydrogens (tertiary/aromatic N) is 1. The van der Waals surface area contributed by atoms with Crippen molar-refractivity contribution in [2.75, 3.05) is 0 Å². The van der Waals surface area contributed by atoms with E-state index < -0.39 is 0 Å². The lowest BCUT2D eigenvalue weighted by Crippen LogP contribution is -2.03. The van der Waals surface area contributed by atoms with Crippen LogP contribution in [-0.2, 0) is 0 Å². The second-order valence-electron chi connectivity index (χ2n) is 9.07. The van der Waals surface area contributed by atoms with Crippen LogP contribution < -0.4 is 4.74 Å². The van der Waals surface area contributed by atoms with E-state index in [1.54, 1.807) is 0 Å². The van der Waals surface area contributed by atoms with Gasteiger partial charge in [-0.15, -0.1) is 0 Å². The highest BCUT2D eigenvalue weighted by Gasteiger charge is 2.25. The maximum Gasteiger partial charge on any atom is 0.152 e. The Morgan fingerprint density at radius 2 is 1.53 bits per heavy atom. The molecule has 0 aliphatic carbocycles. The van der Waals surface area contributed by atoms with Crippen LogP contribution in [0.2, 0.25) is 0 Å². The number of furan rings is 1. The first kappa shape index (κ1) is 18.0. The average molecular weight is 437 g/mol. The molecule has 3 heteroatoms. The molecule has 0 N–H and O–H groups in total. The molecule has 0 saturated heterocycles. The van der Waals surface area contributed by atoms with E-state index in [4.69, 9.17) is 9.15 Å². The van der Waals surface area contributed by atoms with Crippen molar-refractivity contribution in [1.82, 2.24) is 4.57 Å². The molecular formula is C31H19NO2. The number of para-hydroxylation sites is 3. The normalized spacial score (nSPS) is 12.5. The van der Waals surface area contributed by atoms with E-state index in [0.717, 1.165) is 55.8 Å². The summed E-state index contributed by atoms with van der Waals surface area (Å²) in [4.78, 5) is 0. The van der Waals surface area contributed by atoms with E-state index in [1.807, 2.05) is 12.1 Å². The Morgan fingerprint density at radius 3 is 2.50 bits per heavy atom. The fourth-order valence-electron chi connectivity index (χ4n) is 5.57. The second kappa shape index (κ2) is 6.30. The van der Waals surface area contributed by atoms with Gasteiger partial charge in [0.05, 0.1) is 16.7 Å². The highest BCUT2D eigenvalue weighted by atomic mass is 16.5. The zero-order chi connectivity index (χ0) is 22.4. The largest absolute Gasteiger partial charge is 0.456 e. The third-order valence-electron chi connectivity index (χ3n) is 7.02. The maximum absolute atomic E-state index is 6.50. The zero-order valence-electron chi connectivity index (χ0n) is 18.5. The van der Waals surface area contributed by atoms with Gasteiger partial charge in [0.2, 0.25) is 0 Å². The SMILES string of the molecule is Cc1ccc2oc3cccc(-c4cc5c6c(c4)c4ccccc4n6-c4ccccc4O5)c3c2c1. The molecule has 0 spiro atoms. The van der Waals surface area contributed by atoms with E-state index in [1.165, 1.54) is 21.9 Å². The Bertz CT molecular complexity index is 1950. The monoisotopic (exact) mass is 437 g/mol. The van der Waals surface area contributed by atoms with Crippen LogP contribution in [0.15, 0.2) is 101 Å². The molecule has 0 atom stereocenters. The van der Waals surface area contributed by atoms with Crippen molar-refractivity contribution < 1.29 is 9.15 Å². The first-order valence-electron chi connectivity index (χ1n) is 11.5. The summed E-state index contributed by atoms with van der Waals surface area (Å²) in [6.07, 6.45) is 0. The number of aromatic nitrogens is 1. The molecule has 7 aromatic rings. The van der Waals surface area contributed by atoms with Gasteiger partial charge in [-0.1, -0.05) is 54.1 Å². The van der Waals surface area contributed by atoms with Crippen LogP contribution in [0.3, 0.4) is 0 Å². The van der Waals surface area contributed by atoms with Crippen LogP contribution in [0.4, 0.5) is 0 Å². The smallest absolute Gasteiger partial charge is 0.152 e. The topological polar surface area (TPSA) is 27.3 Å². The summed E-state index contributed by atoms with van der Waals surface area (Å²) in [5, 5.41) is 4.71. The average Bonchev–Trinajstić information content (AvgIpc) is 3.41.